The van der Waals surface area contributed by atoms with E-state index < -0.39 is 0 Å². The topological polar surface area (TPSA) is 49.2 Å². The minimum atomic E-state index is -0.324. The number of para-hydroxylation sites is 1. The SMILES string of the molecule is COc1ccc(OC(C)c2nnc(SCc3ccc(Cl)c(Cl)c3)n2-c2ccccc2)cc1. The van der Waals surface area contributed by atoms with Gasteiger partial charge in [0.2, 0.25) is 0 Å². The molecule has 0 aliphatic rings. The van der Waals surface area contributed by atoms with E-state index in [0.29, 0.717) is 21.6 Å². The Kier molecular flexibility index (Phi) is 7.25. The van der Waals surface area contributed by atoms with Crippen molar-refractivity contribution in [1.82, 2.24) is 14.8 Å². The first-order chi connectivity index (χ1) is 15.5. The Balaban J connectivity index is 1.60. The van der Waals surface area contributed by atoms with Crippen LogP contribution in [0.5, 0.6) is 11.5 Å². The van der Waals surface area contributed by atoms with Crippen molar-refractivity contribution < 1.29 is 9.47 Å². The van der Waals surface area contributed by atoms with E-state index in [1.165, 1.54) is 0 Å². The third kappa shape index (κ3) is 5.21. The van der Waals surface area contributed by atoms with Crippen molar-refractivity contribution in [2.45, 2.75) is 23.9 Å². The Labute approximate surface area is 201 Å². The summed E-state index contributed by atoms with van der Waals surface area (Å²) in [5, 5.41) is 10.8. The molecule has 1 heterocycles. The van der Waals surface area contributed by atoms with Gasteiger partial charge in [-0.1, -0.05) is 59.2 Å². The highest BCUT2D eigenvalue weighted by molar-refractivity contribution is 7.98. The van der Waals surface area contributed by atoms with Crippen molar-refractivity contribution >= 4 is 35.0 Å². The van der Waals surface area contributed by atoms with Crippen molar-refractivity contribution in [2.24, 2.45) is 0 Å². The van der Waals surface area contributed by atoms with Crippen LogP contribution in [0.25, 0.3) is 5.69 Å². The van der Waals surface area contributed by atoms with E-state index in [4.69, 9.17) is 32.7 Å². The molecular formula is C24H21Cl2N3O2S. The molecule has 5 nitrogen and oxygen atoms in total. The van der Waals surface area contributed by atoms with Crippen LogP contribution in [0, 0.1) is 0 Å². The maximum atomic E-state index is 6.17. The molecule has 0 fully saturated rings. The third-order valence-electron chi connectivity index (χ3n) is 4.76. The molecule has 1 atom stereocenters. The summed E-state index contributed by atoms with van der Waals surface area (Å²) < 4.78 is 13.4. The monoisotopic (exact) mass is 485 g/mol. The lowest BCUT2D eigenvalue weighted by Crippen LogP contribution is -2.11. The Bertz CT molecular complexity index is 1180. The number of methoxy groups -OCH3 is 1. The zero-order valence-electron chi connectivity index (χ0n) is 17.5. The fourth-order valence-electron chi connectivity index (χ4n) is 3.15. The van der Waals surface area contributed by atoms with Crippen molar-refractivity contribution in [2.75, 3.05) is 7.11 Å². The second kappa shape index (κ2) is 10.3. The van der Waals surface area contributed by atoms with Crippen LogP contribution in [0.15, 0.2) is 78.0 Å². The number of aromatic nitrogens is 3. The third-order valence-corrected chi connectivity index (χ3v) is 6.50. The number of halogens is 2. The Morgan fingerprint density at radius 1 is 0.906 bits per heavy atom. The van der Waals surface area contributed by atoms with Gasteiger partial charge in [-0.25, -0.2) is 0 Å². The summed E-state index contributed by atoms with van der Waals surface area (Å²) in [6.45, 7) is 1.96. The normalized spacial score (nSPS) is 11.9. The number of benzene rings is 3. The molecule has 0 spiro atoms. The number of rotatable bonds is 8. The van der Waals surface area contributed by atoms with Crippen LogP contribution in [0.1, 0.15) is 24.4 Å². The lowest BCUT2D eigenvalue weighted by atomic mass is 10.2. The van der Waals surface area contributed by atoms with Gasteiger partial charge in [0, 0.05) is 11.4 Å². The molecule has 0 radical (unpaired) electrons. The maximum absolute atomic E-state index is 6.17. The van der Waals surface area contributed by atoms with Gasteiger partial charge in [-0.3, -0.25) is 4.57 Å². The number of hydrogen-bond donors (Lipinski definition) is 0. The van der Waals surface area contributed by atoms with Crippen LogP contribution in [-0.4, -0.2) is 21.9 Å². The average Bonchev–Trinajstić information content (AvgIpc) is 3.25. The summed E-state index contributed by atoms with van der Waals surface area (Å²) in [6.07, 6.45) is -0.324. The van der Waals surface area contributed by atoms with Crippen LogP contribution in [0.2, 0.25) is 10.0 Å². The lowest BCUT2D eigenvalue weighted by Gasteiger charge is -2.17. The molecule has 4 rings (SSSR count). The maximum Gasteiger partial charge on any atom is 0.196 e. The van der Waals surface area contributed by atoms with Crippen LogP contribution >= 0.6 is 35.0 Å². The van der Waals surface area contributed by atoms with Gasteiger partial charge in [0.25, 0.3) is 0 Å². The summed E-state index contributed by atoms with van der Waals surface area (Å²) in [4.78, 5) is 0. The van der Waals surface area contributed by atoms with Gasteiger partial charge in [-0.2, -0.15) is 0 Å². The number of hydrogen-bond acceptors (Lipinski definition) is 5. The fourth-order valence-corrected chi connectivity index (χ4v) is 4.37. The second-order valence-corrected chi connectivity index (χ2v) is 8.74. The van der Waals surface area contributed by atoms with E-state index >= 15 is 0 Å². The standard InChI is InChI=1S/C24H21Cl2N3O2S/c1-16(31-20-11-9-19(30-2)10-12-20)23-27-28-24(29(23)18-6-4-3-5-7-18)32-15-17-8-13-21(25)22(26)14-17/h3-14,16H,15H2,1-2H3. The first-order valence-electron chi connectivity index (χ1n) is 9.93. The molecule has 1 unspecified atom stereocenters. The molecule has 0 amide bonds. The van der Waals surface area contributed by atoms with Gasteiger partial charge in [-0.05, 0) is 61.0 Å². The minimum Gasteiger partial charge on any atom is -0.497 e. The lowest BCUT2D eigenvalue weighted by molar-refractivity contribution is 0.213. The zero-order valence-corrected chi connectivity index (χ0v) is 19.9. The zero-order chi connectivity index (χ0) is 22.5. The number of nitrogens with zero attached hydrogens (tertiary/aromatic N) is 3. The average molecular weight is 486 g/mol. The second-order valence-electron chi connectivity index (χ2n) is 6.98. The van der Waals surface area contributed by atoms with E-state index in [-0.39, 0.29) is 6.10 Å². The summed E-state index contributed by atoms with van der Waals surface area (Å²) in [5.74, 6) is 2.89. The Morgan fingerprint density at radius 2 is 1.62 bits per heavy atom. The van der Waals surface area contributed by atoms with E-state index in [9.17, 15) is 0 Å². The highest BCUT2D eigenvalue weighted by atomic mass is 35.5. The first kappa shape index (κ1) is 22.5. The molecule has 1 aromatic heterocycles. The van der Waals surface area contributed by atoms with Gasteiger partial charge < -0.3 is 9.47 Å². The number of thioether (sulfide) groups is 1. The molecule has 0 aliphatic carbocycles. The van der Waals surface area contributed by atoms with Crippen LogP contribution < -0.4 is 9.47 Å². The Hall–Kier alpha value is -2.67. The van der Waals surface area contributed by atoms with Crippen LogP contribution in [0.4, 0.5) is 0 Å². The van der Waals surface area contributed by atoms with Crippen molar-refractivity contribution in [1.29, 1.82) is 0 Å². The summed E-state index contributed by atoms with van der Waals surface area (Å²) in [6, 6.07) is 23.1. The van der Waals surface area contributed by atoms with E-state index in [1.54, 1.807) is 24.9 Å². The molecule has 164 valence electrons. The van der Waals surface area contributed by atoms with Gasteiger partial charge in [0.05, 0.1) is 17.2 Å². The molecule has 4 aromatic rings. The van der Waals surface area contributed by atoms with Crippen molar-refractivity contribution in [3.63, 3.8) is 0 Å². The summed E-state index contributed by atoms with van der Waals surface area (Å²) in [7, 11) is 1.64. The molecule has 8 heteroatoms. The fraction of sp³-hybridized carbons (Fsp3) is 0.167. The molecule has 32 heavy (non-hydrogen) atoms. The van der Waals surface area contributed by atoms with Gasteiger partial charge >= 0.3 is 0 Å². The first-order valence-corrected chi connectivity index (χ1v) is 11.7. The van der Waals surface area contributed by atoms with Gasteiger partial charge in [-0.15, -0.1) is 10.2 Å². The molecule has 0 aliphatic heterocycles. The van der Waals surface area contributed by atoms with E-state index in [2.05, 4.69) is 10.2 Å². The number of ether oxygens (including phenoxy) is 2. The highest BCUT2D eigenvalue weighted by Crippen LogP contribution is 2.31. The largest absolute Gasteiger partial charge is 0.497 e. The minimum absolute atomic E-state index is 0.324. The molecule has 3 aromatic carbocycles. The van der Waals surface area contributed by atoms with E-state index in [0.717, 1.165) is 27.9 Å². The molecule has 0 N–H and O–H groups in total. The van der Waals surface area contributed by atoms with E-state index in [1.807, 2.05) is 78.2 Å². The van der Waals surface area contributed by atoms with Crippen molar-refractivity contribution in [3.8, 4) is 17.2 Å². The van der Waals surface area contributed by atoms with Gasteiger partial charge in [0.15, 0.2) is 17.1 Å². The molecule has 0 saturated carbocycles. The summed E-state index contributed by atoms with van der Waals surface area (Å²) >= 11 is 13.8. The summed E-state index contributed by atoms with van der Waals surface area (Å²) in [5.41, 5.74) is 2.02. The predicted molar refractivity (Wildman–Crippen MR) is 129 cm³/mol. The quantitative estimate of drug-likeness (QED) is 0.251. The molecular weight excluding hydrogens is 465 g/mol. The smallest absolute Gasteiger partial charge is 0.196 e. The predicted octanol–water partition coefficient (Wildman–Crippen LogP) is 7.02. The molecule has 0 saturated heterocycles. The van der Waals surface area contributed by atoms with Crippen LogP contribution in [0.3, 0.4) is 0 Å². The van der Waals surface area contributed by atoms with Gasteiger partial charge in [0.1, 0.15) is 11.5 Å². The highest BCUT2D eigenvalue weighted by Gasteiger charge is 2.21. The Morgan fingerprint density at radius 3 is 2.31 bits per heavy atom. The van der Waals surface area contributed by atoms with Crippen LogP contribution in [-0.2, 0) is 5.75 Å². The van der Waals surface area contributed by atoms with Crippen molar-refractivity contribution in [3.05, 3.63) is 94.2 Å². The molecule has 0 bridgehead atoms.